The lowest BCUT2D eigenvalue weighted by atomic mass is 9.77. The molecule has 0 bridgehead atoms. The molecule has 0 spiro atoms. The molecule has 18 heavy (non-hydrogen) atoms. The van der Waals surface area contributed by atoms with Gasteiger partial charge in [0, 0.05) is 18.3 Å². The van der Waals surface area contributed by atoms with Crippen LogP contribution in [0.25, 0.3) is 0 Å². The van der Waals surface area contributed by atoms with Gasteiger partial charge >= 0.3 is 0 Å². The van der Waals surface area contributed by atoms with Crippen molar-refractivity contribution in [1.29, 1.82) is 0 Å². The highest BCUT2D eigenvalue weighted by atomic mass is 14.8. The summed E-state index contributed by atoms with van der Waals surface area (Å²) in [5, 5.41) is 0. The van der Waals surface area contributed by atoms with Crippen molar-refractivity contribution in [3.63, 3.8) is 0 Å². The lowest BCUT2D eigenvalue weighted by molar-refractivity contribution is 0.270. The topological polar surface area (TPSA) is 38.4 Å². The molecule has 3 atom stereocenters. The number of aliphatic imine (C=N–C) groups is 1. The Balaban J connectivity index is 1.93. The monoisotopic (exact) mass is 250 g/mol. The minimum atomic E-state index is 0.255. The standard InChI is InChI=1S/C16H30N2/c1-13-8-7-9-14(12-13)16(17)15-10-5-3-2-4-6-11-18-15/h13-14,16H,2-12,17H2,1H3. The molecule has 0 aromatic carbocycles. The van der Waals surface area contributed by atoms with Crippen LogP contribution in [0.4, 0.5) is 0 Å². The molecule has 104 valence electrons. The molecule has 1 aliphatic heterocycles. The van der Waals surface area contributed by atoms with Crippen molar-refractivity contribution in [3.05, 3.63) is 0 Å². The molecular formula is C16H30N2. The van der Waals surface area contributed by atoms with Gasteiger partial charge in [0.25, 0.3) is 0 Å². The fourth-order valence-corrected chi connectivity index (χ4v) is 3.60. The molecule has 0 radical (unpaired) electrons. The highest BCUT2D eigenvalue weighted by Crippen LogP contribution is 2.31. The zero-order valence-electron chi connectivity index (χ0n) is 12.0. The summed E-state index contributed by atoms with van der Waals surface area (Å²) < 4.78 is 0. The van der Waals surface area contributed by atoms with Gasteiger partial charge in [-0.15, -0.1) is 0 Å². The van der Waals surface area contributed by atoms with E-state index in [1.54, 1.807) is 0 Å². The first-order valence-corrected chi connectivity index (χ1v) is 8.06. The van der Waals surface area contributed by atoms with Crippen LogP contribution in [-0.2, 0) is 0 Å². The molecule has 2 heteroatoms. The van der Waals surface area contributed by atoms with E-state index in [4.69, 9.17) is 10.7 Å². The van der Waals surface area contributed by atoms with Crippen LogP contribution in [0.15, 0.2) is 4.99 Å². The number of nitrogens with two attached hydrogens (primary N) is 1. The molecule has 2 rings (SSSR count). The van der Waals surface area contributed by atoms with Gasteiger partial charge in [-0.05, 0) is 43.9 Å². The van der Waals surface area contributed by atoms with Crippen LogP contribution in [0, 0.1) is 11.8 Å². The summed E-state index contributed by atoms with van der Waals surface area (Å²) in [5.41, 5.74) is 7.87. The Morgan fingerprint density at radius 1 is 1.06 bits per heavy atom. The van der Waals surface area contributed by atoms with E-state index in [2.05, 4.69) is 6.92 Å². The number of nitrogens with zero attached hydrogens (tertiary/aromatic N) is 1. The predicted octanol–water partition coefficient (Wildman–Crippen LogP) is 3.94. The van der Waals surface area contributed by atoms with E-state index >= 15 is 0 Å². The maximum absolute atomic E-state index is 6.53. The summed E-state index contributed by atoms with van der Waals surface area (Å²) in [6.45, 7) is 3.40. The van der Waals surface area contributed by atoms with Crippen molar-refractivity contribution in [2.75, 3.05) is 6.54 Å². The minimum Gasteiger partial charge on any atom is -0.323 e. The molecule has 1 saturated carbocycles. The van der Waals surface area contributed by atoms with Crippen molar-refractivity contribution in [2.24, 2.45) is 22.6 Å². The smallest absolute Gasteiger partial charge is 0.0454 e. The molecule has 2 N–H and O–H groups in total. The number of hydrogen-bond donors (Lipinski definition) is 1. The van der Waals surface area contributed by atoms with Gasteiger partial charge < -0.3 is 5.73 Å². The molecule has 0 amide bonds. The van der Waals surface area contributed by atoms with Crippen LogP contribution in [-0.4, -0.2) is 18.3 Å². The Morgan fingerprint density at radius 3 is 2.67 bits per heavy atom. The number of rotatable bonds is 2. The largest absolute Gasteiger partial charge is 0.323 e. The fourth-order valence-electron chi connectivity index (χ4n) is 3.60. The number of hydrogen-bond acceptors (Lipinski definition) is 2. The van der Waals surface area contributed by atoms with Gasteiger partial charge in [0.15, 0.2) is 0 Å². The van der Waals surface area contributed by atoms with E-state index < -0.39 is 0 Å². The van der Waals surface area contributed by atoms with E-state index in [1.807, 2.05) is 0 Å². The first-order chi connectivity index (χ1) is 8.77. The highest BCUT2D eigenvalue weighted by molar-refractivity contribution is 5.89. The summed E-state index contributed by atoms with van der Waals surface area (Å²) in [4.78, 5) is 4.84. The summed E-state index contributed by atoms with van der Waals surface area (Å²) in [5.74, 6) is 1.57. The van der Waals surface area contributed by atoms with Gasteiger partial charge in [-0.3, -0.25) is 4.99 Å². The van der Waals surface area contributed by atoms with Gasteiger partial charge in [0.1, 0.15) is 0 Å². The molecule has 2 nitrogen and oxygen atoms in total. The lowest BCUT2D eigenvalue weighted by Crippen LogP contribution is -2.40. The van der Waals surface area contributed by atoms with Gasteiger partial charge in [-0.25, -0.2) is 0 Å². The van der Waals surface area contributed by atoms with Crippen molar-refractivity contribution in [1.82, 2.24) is 0 Å². The molecule has 3 unspecified atom stereocenters. The zero-order chi connectivity index (χ0) is 12.8. The van der Waals surface area contributed by atoms with Crippen molar-refractivity contribution >= 4 is 5.71 Å². The molecule has 2 aliphatic rings. The first kappa shape index (κ1) is 14.0. The molecule has 0 aromatic heterocycles. The van der Waals surface area contributed by atoms with E-state index in [1.165, 1.54) is 63.5 Å². The Hall–Kier alpha value is -0.370. The normalized spacial score (nSPS) is 32.9. The SMILES string of the molecule is CC1CCCC(C(N)C2=NCCCCCCC2)C1. The van der Waals surface area contributed by atoms with Crippen LogP contribution in [0.3, 0.4) is 0 Å². The predicted molar refractivity (Wildman–Crippen MR) is 79.1 cm³/mol. The van der Waals surface area contributed by atoms with Gasteiger partial charge in [0.2, 0.25) is 0 Å². The average molecular weight is 250 g/mol. The second-order valence-corrected chi connectivity index (χ2v) is 6.45. The average Bonchev–Trinajstić information content (AvgIpc) is 2.51. The third-order valence-corrected chi connectivity index (χ3v) is 4.78. The molecule has 0 saturated heterocycles. The minimum absolute atomic E-state index is 0.255. The molecule has 1 fully saturated rings. The Kier molecular flexibility index (Phi) is 5.68. The first-order valence-electron chi connectivity index (χ1n) is 8.06. The van der Waals surface area contributed by atoms with Crippen molar-refractivity contribution < 1.29 is 0 Å². The van der Waals surface area contributed by atoms with E-state index in [0.29, 0.717) is 5.92 Å². The van der Waals surface area contributed by atoms with Gasteiger partial charge in [-0.1, -0.05) is 39.0 Å². The summed E-state index contributed by atoms with van der Waals surface area (Å²) in [6.07, 6.45) is 13.2. The molecular weight excluding hydrogens is 220 g/mol. The van der Waals surface area contributed by atoms with Crippen LogP contribution >= 0.6 is 0 Å². The van der Waals surface area contributed by atoms with E-state index in [0.717, 1.165) is 18.9 Å². The highest BCUT2D eigenvalue weighted by Gasteiger charge is 2.27. The summed E-state index contributed by atoms with van der Waals surface area (Å²) >= 11 is 0. The summed E-state index contributed by atoms with van der Waals surface area (Å²) in [6, 6.07) is 0.255. The Bertz CT molecular complexity index is 272. The van der Waals surface area contributed by atoms with Crippen molar-refractivity contribution in [2.45, 2.75) is 77.2 Å². The molecule has 1 aliphatic carbocycles. The molecule has 1 heterocycles. The summed E-state index contributed by atoms with van der Waals surface area (Å²) in [7, 11) is 0. The van der Waals surface area contributed by atoms with Gasteiger partial charge in [0.05, 0.1) is 0 Å². The van der Waals surface area contributed by atoms with E-state index in [9.17, 15) is 0 Å². The van der Waals surface area contributed by atoms with Gasteiger partial charge in [-0.2, -0.15) is 0 Å². The Labute approximate surface area is 112 Å². The van der Waals surface area contributed by atoms with Crippen LogP contribution < -0.4 is 5.73 Å². The second-order valence-electron chi connectivity index (χ2n) is 6.45. The maximum Gasteiger partial charge on any atom is 0.0454 e. The quantitative estimate of drug-likeness (QED) is 0.792. The van der Waals surface area contributed by atoms with Crippen molar-refractivity contribution in [3.8, 4) is 0 Å². The van der Waals surface area contributed by atoms with Crippen LogP contribution in [0.2, 0.25) is 0 Å². The fraction of sp³-hybridized carbons (Fsp3) is 0.938. The molecule has 0 aromatic rings. The Morgan fingerprint density at radius 2 is 1.83 bits per heavy atom. The maximum atomic E-state index is 6.53. The second kappa shape index (κ2) is 7.28. The van der Waals surface area contributed by atoms with Crippen LogP contribution in [0.1, 0.15) is 71.1 Å². The van der Waals surface area contributed by atoms with Crippen LogP contribution in [0.5, 0.6) is 0 Å². The van der Waals surface area contributed by atoms with E-state index in [-0.39, 0.29) is 6.04 Å². The lowest BCUT2D eigenvalue weighted by Gasteiger charge is -2.32. The third-order valence-electron chi connectivity index (χ3n) is 4.78. The zero-order valence-corrected chi connectivity index (χ0v) is 12.0. The third kappa shape index (κ3) is 4.08.